The van der Waals surface area contributed by atoms with Gasteiger partial charge >= 0.3 is 0 Å². The molecule has 130 valence electrons. The first-order valence-electron chi connectivity index (χ1n) is 7.93. The minimum Gasteiger partial charge on any atom is -0.325 e. The lowest BCUT2D eigenvalue weighted by Crippen LogP contribution is -2.14. The highest BCUT2D eigenvalue weighted by atomic mass is 32.2. The third-order valence-corrected chi connectivity index (χ3v) is 4.82. The number of aromatic amines is 1. The summed E-state index contributed by atoms with van der Waals surface area (Å²) in [4.78, 5) is 35.3. The first kappa shape index (κ1) is 17.2. The van der Waals surface area contributed by atoms with Crippen LogP contribution in [0.5, 0.6) is 0 Å². The number of amides is 1. The van der Waals surface area contributed by atoms with Crippen molar-refractivity contribution in [2.75, 3.05) is 11.1 Å². The summed E-state index contributed by atoms with van der Waals surface area (Å²) in [6.45, 7) is 3.81. The lowest BCUT2D eigenvalue weighted by atomic mass is 10.1. The molecule has 7 nitrogen and oxygen atoms in total. The Labute approximate surface area is 148 Å². The van der Waals surface area contributed by atoms with Gasteiger partial charge in [-0.2, -0.15) is 0 Å². The van der Waals surface area contributed by atoms with E-state index < -0.39 is 0 Å². The molecule has 2 heterocycles. The number of thioether (sulfide) groups is 1. The average molecular weight is 357 g/mol. The Balaban J connectivity index is 1.69. The molecule has 1 amide bonds. The van der Waals surface area contributed by atoms with Crippen molar-refractivity contribution in [2.45, 2.75) is 25.4 Å². The Morgan fingerprint density at radius 3 is 2.68 bits per heavy atom. The Bertz CT molecular complexity index is 975. The molecule has 3 aromatic rings. The number of H-pyrrole nitrogens is 1. The van der Waals surface area contributed by atoms with E-state index in [-0.39, 0.29) is 22.7 Å². The number of fused-ring (bicyclic) bond motifs is 1. The third-order valence-electron chi connectivity index (χ3n) is 3.79. The molecule has 3 rings (SSSR count). The number of carbonyl (C=O) groups excluding carboxylic acids is 1. The maximum absolute atomic E-state index is 12.1. The number of hydrogen-bond donors (Lipinski definition) is 2. The Kier molecular flexibility index (Phi) is 4.89. The summed E-state index contributed by atoms with van der Waals surface area (Å²) in [5.74, 6) is 0.605. The SMILES string of the molecule is CCc1ccc(NC(=O)CSc2nc3c(=O)[nH]c(C)nc3n2C)cc1. The zero-order chi connectivity index (χ0) is 18.0. The van der Waals surface area contributed by atoms with E-state index in [0.717, 1.165) is 12.1 Å². The van der Waals surface area contributed by atoms with Gasteiger partial charge in [0, 0.05) is 12.7 Å². The molecule has 0 spiro atoms. The molecule has 0 fully saturated rings. The van der Waals surface area contributed by atoms with E-state index in [1.54, 1.807) is 18.5 Å². The van der Waals surface area contributed by atoms with Crippen LogP contribution in [-0.4, -0.2) is 31.2 Å². The monoisotopic (exact) mass is 357 g/mol. The number of carbonyl (C=O) groups is 1. The van der Waals surface area contributed by atoms with Gasteiger partial charge < -0.3 is 14.9 Å². The van der Waals surface area contributed by atoms with E-state index in [2.05, 4.69) is 27.2 Å². The number of anilines is 1. The van der Waals surface area contributed by atoms with Gasteiger partial charge in [-0.15, -0.1) is 0 Å². The molecule has 0 aliphatic heterocycles. The molecule has 8 heteroatoms. The number of nitrogens with zero attached hydrogens (tertiary/aromatic N) is 3. The Hall–Kier alpha value is -2.61. The molecular weight excluding hydrogens is 338 g/mol. The van der Waals surface area contributed by atoms with Crippen LogP contribution in [0.25, 0.3) is 11.2 Å². The van der Waals surface area contributed by atoms with Crippen LogP contribution < -0.4 is 10.9 Å². The fourth-order valence-corrected chi connectivity index (χ4v) is 3.21. The molecule has 2 N–H and O–H groups in total. The second kappa shape index (κ2) is 7.10. The van der Waals surface area contributed by atoms with Crippen LogP contribution in [0.15, 0.2) is 34.2 Å². The highest BCUT2D eigenvalue weighted by molar-refractivity contribution is 7.99. The molecule has 0 aliphatic rings. The molecule has 25 heavy (non-hydrogen) atoms. The van der Waals surface area contributed by atoms with E-state index in [1.807, 2.05) is 24.3 Å². The number of benzene rings is 1. The molecule has 0 bridgehead atoms. The van der Waals surface area contributed by atoms with Crippen molar-refractivity contribution in [3.05, 3.63) is 46.0 Å². The number of rotatable bonds is 5. The van der Waals surface area contributed by atoms with Crippen LogP contribution in [0, 0.1) is 6.92 Å². The second-order valence-corrected chi connectivity index (χ2v) is 6.61. The fraction of sp³-hybridized carbons (Fsp3) is 0.294. The highest BCUT2D eigenvalue weighted by Gasteiger charge is 2.14. The van der Waals surface area contributed by atoms with Crippen LogP contribution in [0.1, 0.15) is 18.3 Å². The lowest BCUT2D eigenvalue weighted by Gasteiger charge is -2.06. The van der Waals surface area contributed by atoms with Crippen molar-refractivity contribution in [3.63, 3.8) is 0 Å². The van der Waals surface area contributed by atoms with E-state index in [0.29, 0.717) is 16.6 Å². The van der Waals surface area contributed by atoms with Gasteiger partial charge in [-0.3, -0.25) is 9.59 Å². The van der Waals surface area contributed by atoms with Crippen LogP contribution in [-0.2, 0) is 18.3 Å². The molecule has 0 aliphatic carbocycles. The maximum Gasteiger partial charge on any atom is 0.279 e. The van der Waals surface area contributed by atoms with Crippen molar-refractivity contribution in [1.29, 1.82) is 0 Å². The minimum absolute atomic E-state index is 0.126. The van der Waals surface area contributed by atoms with Crippen molar-refractivity contribution in [1.82, 2.24) is 19.5 Å². The molecule has 0 unspecified atom stereocenters. The first-order chi connectivity index (χ1) is 12.0. The van der Waals surface area contributed by atoms with Gasteiger partial charge in [-0.25, -0.2) is 9.97 Å². The number of aromatic nitrogens is 4. The van der Waals surface area contributed by atoms with Gasteiger partial charge in [0.05, 0.1) is 5.75 Å². The first-order valence-corrected chi connectivity index (χ1v) is 8.91. The quantitative estimate of drug-likeness (QED) is 0.683. The predicted molar refractivity (Wildman–Crippen MR) is 99.0 cm³/mol. The predicted octanol–water partition coefficient (Wildman–Crippen LogP) is 2.26. The minimum atomic E-state index is -0.273. The number of imidazole rings is 1. The summed E-state index contributed by atoms with van der Waals surface area (Å²) in [5, 5.41) is 3.44. The summed E-state index contributed by atoms with van der Waals surface area (Å²) in [6.07, 6.45) is 0.962. The average Bonchev–Trinajstić information content (AvgIpc) is 2.90. The smallest absolute Gasteiger partial charge is 0.279 e. The molecule has 0 atom stereocenters. The zero-order valence-corrected chi connectivity index (χ0v) is 15.1. The summed E-state index contributed by atoms with van der Waals surface area (Å²) in [7, 11) is 1.78. The van der Waals surface area contributed by atoms with E-state index in [1.165, 1.54) is 17.3 Å². The van der Waals surface area contributed by atoms with E-state index in [9.17, 15) is 9.59 Å². The van der Waals surface area contributed by atoms with Crippen molar-refractivity contribution < 1.29 is 4.79 Å². The van der Waals surface area contributed by atoms with Crippen LogP contribution in [0.2, 0.25) is 0 Å². The summed E-state index contributed by atoms with van der Waals surface area (Å²) in [5.41, 5.74) is 2.51. The number of hydrogen-bond acceptors (Lipinski definition) is 5. The molecule has 0 saturated heterocycles. The standard InChI is InChI=1S/C17H19N5O2S/c1-4-11-5-7-12(8-6-11)20-13(23)9-25-17-21-14-15(22(17)3)18-10(2)19-16(14)24/h5-8H,4,9H2,1-3H3,(H,20,23)(H,18,19,24). The Morgan fingerprint density at radius 1 is 1.28 bits per heavy atom. The largest absolute Gasteiger partial charge is 0.325 e. The molecule has 2 aromatic heterocycles. The topological polar surface area (TPSA) is 92.7 Å². The Morgan fingerprint density at radius 2 is 2.00 bits per heavy atom. The highest BCUT2D eigenvalue weighted by Crippen LogP contribution is 2.20. The van der Waals surface area contributed by atoms with Gasteiger partial charge in [0.25, 0.3) is 5.56 Å². The van der Waals surface area contributed by atoms with Crippen molar-refractivity contribution in [2.24, 2.45) is 7.05 Å². The second-order valence-electron chi connectivity index (χ2n) is 5.66. The van der Waals surface area contributed by atoms with E-state index >= 15 is 0 Å². The van der Waals surface area contributed by atoms with Crippen LogP contribution in [0.4, 0.5) is 5.69 Å². The number of nitrogens with one attached hydrogen (secondary N) is 2. The summed E-state index contributed by atoms with van der Waals surface area (Å²) >= 11 is 1.27. The summed E-state index contributed by atoms with van der Waals surface area (Å²) < 4.78 is 1.73. The normalized spacial score (nSPS) is 11.0. The van der Waals surface area contributed by atoms with Crippen LogP contribution in [0.3, 0.4) is 0 Å². The van der Waals surface area contributed by atoms with Gasteiger partial charge in [0.2, 0.25) is 5.91 Å². The fourth-order valence-electron chi connectivity index (χ4n) is 2.44. The van der Waals surface area contributed by atoms with Crippen LogP contribution >= 0.6 is 11.8 Å². The van der Waals surface area contributed by atoms with Crippen molar-refractivity contribution >= 4 is 34.5 Å². The molecule has 1 aromatic carbocycles. The van der Waals surface area contributed by atoms with Gasteiger partial charge in [0.1, 0.15) is 5.82 Å². The molecule has 0 radical (unpaired) electrons. The number of aryl methyl sites for hydroxylation is 3. The van der Waals surface area contributed by atoms with Gasteiger partial charge in [0.15, 0.2) is 16.3 Å². The van der Waals surface area contributed by atoms with E-state index in [4.69, 9.17) is 0 Å². The van der Waals surface area contributed by atoms with Crippen molar-refractivity contribution in [3.8, 4) is 0 Å². The molecule has 0 saturated carbocycles. The maximum atomic E-state index is 12.1. The van der Waals surface area contributed by atoms with Gasteiger partial charge in [-0.1, -0.05) is 30.8 Å². The summed E-state index contributed by atoms with van der Waals surface area (Å²) in [6, 6.07) is 7.77. The third kappa shape index (κ3) is 3.74. The van der Waals surface area contributed by atoms with Gasteiger partial charge in [-0.05, 0) is 31.0 Å². The molecular formula is C17H19N5O2S. The lowest BCUT2D eigenvalue weighted by molar-refractivity contribution is -0.113. The zero-order valence-electron chi connectivity index (χ0n) is 14.3.